The molecule has 0 aliphatic carbocycles. The highest BCUT2D eigenvalue weighted by Gasteiger charge is 2.16. The second-order valence-corrected chi connectivity index (χ2v) is 8.18. The van der Waals surface area contributed by atoms with Gasteiger partial charge in [0.05, 0.1) is 13.2 Å². The monoisotopic (exact) mass is 446 g/mol. The van der Waals surface area contributed by atoms with Crippen molar-refractivity contribution in [1.82, 2.24) is 20.2 Å². The molecule has 4 rings (SSSR count). The Morgan fingerprint density at radius 3 is 2.91 bits per heavy atom. The van der Waals surface area contributed by atoms with E-state index >= 15 is 0 Å². The Labute approximate surface area is 193 Å². The Kier molecular flexibility index (Phi) is 7.55. The van der Waals surface area contributed by atoms with Gasteiger partial charge in [0.15, 0.2) is 5.69 Å². The molecule has 0 radical (unpaired) electrons. The van der Waals surface area contributed by atoms with E-state index in [2.05, 4.69) is 75.8 Å². The maximum absolute atomic E-state index is 12.2. The van der Waals surface area contributed by atoms with E-state index in [1.165, 1.54) is 28.3 Å². The number of carbonyl (C=O) groups excluding carboxylic acids is 1. The van der Waals surface area contributed by atoms with E-state index in [1.54, 1.807) is 7.11 Å². The number of hydrogen-bond donors (Lipinski definition) is 2. The number of carbonyl (C=O) groups is 1. The van der Waals surface area contributed by atoms with Gasteiger partial charge < -0.3 is 19.5 Å². The van der Waals surface area contributed by atoms with Crippen molar-refractivity contribution in [3.63, 3.8) is 0 Å². The summed E-state index contributed by atoms with van der Waals surface area (Å²) >= 11 is 0. The first-order chi connectivity index (χ1) is 16.1. The molecule has 4 aromatic rings. The number of hydrogen-bond acceptors (Lipinski definition) is 5. The molecule has 0 aliphatic rings. The van der Waals surface area contributed by atoms with Gasteiger partial charge >= 0.3 is 0 Å². The molecule has 1 amide bonds. The Balaban J connectivity index is 1.46. The van der Waals surface area contributed by atoms with Crippen molar-refractivity contribution in [1.29, 1.82) is 0 Å². The maximum atomic E-state index is 12.2. The first kappa shape index (κ1) is 22.8. The lowest BCUT2D eigenvalue weighted by Gasteiger charge is -2.21. The molecule has 2 aromatic heterocycles. The lowest BCUT2D eigenvalue weighted by atomic mass is 10.1. The smallest absolute Gasteiger partial charge is 0.273 e. The second-order valence-electron chi connectivity index (χ2n) is 8.18. The van der Waals surface area contributed by atoms with Crippen LogP contribution in [-0.4, -0.2) is 47.6 Å². The number of methoxy groups -OCH3 is 1. The van der Waals surface area contributed by atoms with Crippen LogP contribution in [-0.2, 0) is 24.2 Å². The van der Waals surface area contributed by atoms with Crippen molar-refractivity contribution in [2.75, 3.05) is 26.8 Å². The lowest BCUT2D eigenvalue weighted by Crippen LogP contribution is -2.27. The van der Waals surface area contributed by atoms with Gasteiger partial charge in [0.25, 0.3) is 5.91 Å². The molecule has 7 heteroatoms. The summed E-state index contributed by atoms with van der Waals surface area (Å²) in [5.41, 5.74) is 5.18. The van der Waals surface area contributed by atoms with Crippen LogP contribution in [0.4, 0.5) is 0 Å². The normalized spacial score (nSPS) is 11.4. The topological polar surface area (TPSA) is 83.4 Å². The fourth-order valence-electron chi connectivity index (χ4n) is 3.94. The molecular formula is C26H30N4O3. The third-order valence-corrected chi connectivity index (χ3v) is 5.60. The number of oxazole rings is 1. The molecule has 33 heavy (non-hydrogen) atoms. The number of amides is 1. The first-order valence-electron chi connectivity index (χ1n) is 11.2. The summed E-state index contributed by atoms with van der Waals surface area (Å²) in [5, 5.41) is 4.02. The fourth-order valence-corrected chi connectivity index (χ4v) is 3.94. The fraction of sp³-hybridized carbons (Fsp3) is 0.308. The van der Waals surface area contributed by atoms with Crippen LogP contribution in [0.5, 0.6) is 0 Å². The van der Waals surface area contributed by atoms with Gasteiger partial charge in [-0.25, -0.2) is 4.98 Å². The zero-order chi connectivity index (χ0) is 23.0. The molecule has 0 saturated carbocycles. The molecule has 0 bridgehead atoms. The number of rotatable bonds is 11. The van der Waals surface area contributed by atoms with E-state index < -0.39 is 0 Å². The number of benzene rings is 2. The van der Waals surface area contributed by atoms with Gasteiger partial charge in [-0.05, 0) is 30.5 Å². The first-order valence-corrected chi connectivity index (χ1v) is 11.2. The SMILES string of the molecule is COCCNC(=O)c1coc(CN(CCc2c[nH]c3ccccc23)Cc2cccc(C)c2)n1. The van der Waals surface area contributed by atoms with Gasteiger partial charge in [0.2, 0.25) is 5.89 Å². The molecule has 7 nitrogen and oxygen atoms in total. The van der Waals surface area contributed by atoms with E-state index in [9.17, 15) is 4.79 Å². The summed E-state index contributed by atoms with van der Waals surface area (Å²) < 4.78 is 10.6. The van der Waals surface area contributed by atoms with Crippen molar-refractivity contribution < 1.29 is 13.9 Å². The quantitative estimate of drug-likeness (QED) is 0.339. The predicted octanol–water partition coefficient (Wildman–Crippen LogP) is 4.09. The second kappa shape index (κ2) is 10.9. The van der Waals surface area contributed by atoms with Crippen molar-refractivity contribution >= 4 is 16.8 Å². The lowest BCUT2D eigenvalue weighted by molar-refractivity contribution is 0.0932. The van der Waals surface area contributed by atoms with Gasteiger partial charge in [0, 0.05) is 43.8 Å². The molecule has 0 fully saturated rings. The average Bonchev–Trinajstić information content (AvgIpc) is 3.45. The minimum Gasteiger partial charge on any atom is -0.447 e. The van der Waals surface area contributed by atoms with Crippen LogP contribution in [0.25, 0.3) is 10.9 Å². The number of nitrogens with zero attached hydrogens (tertiary/aromatic N) is 2. The van der Waals surface area contributed by atoms with Gasteiger partial charge in [-0.15, -0.1) is 0 Å². The van der Waals surface area contributed by atoms with E-state index in [0.717, 1.165) is 25.0 Å². The average molecular weight is 447 g/mol. The number of nitrogens with one attached hydrogen (secondary N) is 2. The number of fused-ring (bicyclic) bond motifs is 1. The van der Waals surface area contributed by atoms with Gasteiger partial charge in [-0.2, -0.15) is 0 Å². The zero-order valence-electron chi connectivity index (χ0n) is 19.1. The van der Waals surface area contributed by atoms with Crippen LogP contribution in [0, 0.1) is 6.92 Å². The standard InChI is InChI=1S/C26H30N4O3/c1-19-6-5-7-20(14-19)16-30(12-10-21-15-28-23-9-4-3-8-22(21)23)17-25-29-24(18-33-25)26(31)27-11-13-32-2/h3-9,14-15,18,28H,10-13,16-17H2,1-2H3,(H,27,31). The van der Waals surface area contributed by atoms with Crippen molar-refractivity contribution in [3.05, 3.63) is 89.3 Å². The van der Waals surface area contributed by atoms with Crippen molar-refractivity contribution in [2.45, 2.75) is 26.4 Å². The molecule has 2 N–H and O–H groups in total. The van der Waals surface area contributed by atoms with Gasteiger partial charge in [-0.1, -0.05) is 48.0 Å². The zero-order valence-corrected chi connectivity index (χ0v) is 19.1. The van der Waals surface area contributed by atoms with E-state index in [-0.39, 0.29) is 11.6 Å². The summed E-state index contributed by atoms with van der Waals surface area (Å²) in [6.07, 6.45) is 4.39. The molecule has 172 valence electrons. The number of aromatic amines is 1. The third-order valence-electron chi connectivity index (χ3n) is 5.60. The van der Waals surface area contributed by atoms with E-state index in [0.29, 0.717) is 25.6 Å². The van der Waals surface area contributed by atoms with Crippen LogP contribution in [0.3, 0.4) is 0 Å². The summed E-state index contributed by atoms with van der Waals surface area (Å²) in [4.78, 5) is 22.3. The van der Waals surface area contributed by atoms with Crippen molar-refractivity contribution in [2.24, 2.45) is 0 Å². The number of ether oxygens (including phenoxy) is 1. The largest absolute Gasteiger partial charge is 0.447 e. The highest BCUT2D eigenvalue weighted by molar-refractivity contribution is 5.91. The van der Waals surface area contributed by atoms with Crippen LogP contribution in [0.1, 0.15) is 33.1 Å². The highest BCUT2D eigenvalue weighted by atomic mass is 16.5. The molecule has 0 aliphatic heterocycles. The maximum Gasteiger partial charge on any atom is 0.273 e. The molecule has 0 spiro atoms. The van der Waals surface area contributed by atoms with Crippen LogP contribution in [0.15, 0.2) is 65.4 Å². The summed E-state index contributed by atoms with van der Waals surface area (Å²) in [5.74, 6) is 0.268. The van der Waals surface area contributed by atoms with Gasteiger partial charge in [-0.3, -0.25) is 9.69 Å². The number of aromatic nitrogens is 2. The van der Waals surface area contributed by atoms with Crippen LogP contribution >= 0.6 is 0 Å². The number of aryl methyl sites for hydroxylation is 1. The molecule has 2 aromatic carbocycles. The Morgan fingerprint density at radius 2 is 2.06 bits per heavy atom. The molecule has 0 atom stereocenters. The summed E-state index contributed by atoms with van der Waals surface area (Å²) in [7, 11) is 1.60. The number of para-hydroxylation sites is 1. The van der Waals surface area contributed by atoms with Crippen LogP contribution in [0.2, 0.25) is 0 Å². The molecule has 0 saturated heterocycles. The predicted molar refractivity (Wildman–Crippen MR) is 128 cm³/mol. The Bertz CT molecular complexity index is 1200. The summed E-state index contributed by atoms with van der Waals surface area (Å²) in [6.45, 7) is 5.09. The van der Waals surface area contributed by atoms with E-state index in [1.807, 2.05) is 6.07 Å². The van der Waals surface area contributed by atoms with Gasteiger partial charge in [0.1, 0.15) is 6.26 Å². The molecule has 0 unspecified atom stereocenters. The van der Waals surface area contributed by atoms with Crippen molar-refractivity contribution in [3.8, 4) is 0 Å². The summed E-state index contributed by atoms with van der Waals surface area (Å²) in [6, 6.07) is 16.9. The molecular weight excluding hydrogens is 416 g/mol. The minimum absolute atomic E-state index is 0.258. The third kappa shape index (κ3) is 6.09. The Hall–Kier alpha value is -3.42. The van der Waals surface area contributed by atoms with E-state index in [4.69, 9.17) is 9.15 Å². The Morgan fingerprint density at radius 1 is 1.18 bits per heavy atom. The highest BCUT2D eigenvalue weighted by Crippen LogP contribution is 2.19. The van der Waals surface area contributed by atoms with Crippen LogP contribution < -0.4 is 5.32 Å². The molecule has 2 heterocycles. The number of H-pyrrole nitrogens is 1. The minimum atomic E-state index is -0.258.